The zero-order valence-electron chi connectivity index (χ0n) is 12.9. The summed E-state index contributed by atoms with van der Waals surface area (Å²) in [5.41, 5.74) is 1.68. The molecule has 1 unspecified atom stereocenters. The average Bonchev–Trinajstić information content (AvgIpc) is 2.42. The minimum atomic E-state index is -3.51. The molecule has 0 saturated heterocycles. The Balaban J connectivity index is 3.17. The monoisotopic (exact) mass is 394 g/mol. The van der Waals surface area contributed by atoms with Gasteiger partial charge in [-0.25, -0.2) is 13.1 Å². The zero-order valence-corrected chi connectivity index (χ0v) is 16.1. The van der Waals surface area contributed by atoms with Crippen LogP contribution in [0.2, 0.25) is 0 Å². The van der Waals surface area contributed by atoms with Crippen molar-refractivity contribution in [2.45, 2.75) is 37.8 Å². The summed E-state index contributed by atoms with van der Waals surface area (Å²) in [5.74, 6) is 0.770. The van der Waals surface area contributed by atoms with Crippen LogP contribution in [0.5, 0.6) is 0 Å². The highest BCUT2D eigenvalue weighted by atomic mass is 79.9. The van der Waals surface area contributed by atoms with Crippen molar-refractivity contribution in [1.82, 2.24) is 10.0 Å². The number of rotatable bonds is 8. The van der Waals surface area contributed by atoms with E-state index in [1.165, 1.54) is 0 Å². The SMILES string of the molecule is CCC(CSC)NS(=O)(=O)c1cc(CNC)cc(Br)c1C. The molecular formula is C14H23BrN2O2S2. The van der Waals surface area contributed by atoms with Gasteiger partial charge in [0.2, 0.25) is 10.0 Å². The lowest BCUT2D eigenvalue weighted by atomic mass is 10.1. The van der Waals surface area contributed by atoms with Crippen molar-refractivity contribution in [3.63, 3.8) is 0 Å². The molecule has 1 aromatic rings. The van der Waals surface area contributed by atoms with E-state index in [1.54, 1.807) is 17.8 Å². The van der Waals surface area contributed by atoms with E-state index in [-0.39, 0.29) is 6.04 Å². The van der Waals surface area contributed by atoms with Gasteiger partial charge in [0.25, 0.3) is 0 Å². The minimum Gasteiger partial charge on any atom is -0.316 e. The summed E-state index contributed by atoms with van der Waals surface area (Å²) in [6, 6.07) is 3.64. The molecule has 0 saturated carbocycles. The molecular weight excluding hydrogens is 372 g/mol. The van der Waals surface area contributed by atoms with Crippen molar-refractivity contribution in [2.24, 2.45) is 0 Å². The fraction of sp³-hybridized carbons (Fsp3) is 0.571. The Hall–Kier alpha value is -0.0800. The van der Waals surface area contributed by atoms with Gasteiger partial charge >= 0.3 is 0 Å². The molecule has 21 heavy (non-hydrogen) atoms. The lowest BCUT2D eigenvalue weighted by Gasteiger charge is -2.18. The molecule has 1 atom stereocenters. The maximum Gasteiger partial charge on any atom is 0.241 e. The van der Waals surface area contributed by atoms with Crippen LogP contribution in [0, 0.1) is 6.92 Å². The Morgan fingerprint density at radius 3 is 2.57 bits per heavy atom. The van der Waals surface area contributed by atoms with E-state index < -0.39 is 10.0 Å². The molecule has 0 aliphatic rings. The molecule has 0 aliphatic heterocycles. The van der Waals surface area contributed by atoms with Crippen LogP contribution in [-0.4, -0.2) is 33.5 Å². The molecule has 4 nitrogen and oxygen atoms in total. The summed E-state index contributed by atoms with van der Waals surface area (Å²) in [6.45, 7) is 4.43. The van der Waals surface area contributed by atoms with Gasteiger partial charge in [0.05, 0.1) is 4.90 Å². The second-order valence-corrected chi connectivity index (χ2v) is 8.36. The molecule has 0 bridgehead atoms. The molecule has 2 N–H and O–H groups in total. The smallest absolute Gasteiger partial charge is 0.241 e. The van der Waals surface area contributed by atoms with E-state index in [9.17, 15) is 8.42 Å². The third-order valence-corrected chi connectivity index (χ3v) is 6.42. The summed E-state index contributed by atoms with van der Waals surface area (Å²) < 4.78 is 28.9. The fourth-order valence-corrected chi connectivity index (χ4v) is 5.11. The van der Waals surface area contributed by atoms with Crippen molar-refractivity contribution in [3.05, 3.63) is 27.7 Å². The predicted octanol–water partition coefficient (Wildman–Crippen LogP) is 2.90. The number of halogens is 1. The summed E-state index contributed by atoms with van der Waals surface area (Å²) in [5, 5.41) is 3.04. The zero-order chi connectivity index (χ0) is 16.0. The van der Waals surface area contributed by atoms with E-state index >= 15 is 0 Å². The van der Waals surface area contributed by atoms with E-state index in [4.69, 9.17) is 0 Å². The third-order valence-electron chi connectivity index (χ3n) is 3.21. The molecule has 0 aliphatic carbocycles. The first-order valence-electron chi connectivity index (χ1n) is 6.80. The van der Waals surface area contributed by atoms with Gasteiger partial charge in [0, 0.05) is 22.8 Å². The van der Waals surface area contributed by atoms with E-state index in [2.05, 4.69) is 26.0 Å². The van der Waals surface area contributed by atoms with Crippen LogP contribution in [0.25, 0.3) is 0 Å². The Morgan fingerprint density at radius 1 is 1.38 bits per heavy atom. The largest absolute Gasteiger partial charge is 0.316 e. The lowest BCUT2D eigenvalue weighted by Crippen LogP contribution is -2.36. The topological polar surface area (TPSA) is 58.2 Å². The van der Waals surface area contributed by atoms with Crippen LogP contribution in [0.3, 0.4) is 0 Å². The van der Waals surface area contributed by atoms with Crippen LogP contribution >= 0.6 is 27.7 Å². The number of benzene rings is 1. The van der Waals surface area contributed by atoms with Crippen LogP contribution < -0.4 is 10.0 Å². The standard InChI is InChI=1S/C14H23BrN2O2S2/c1-5-12(9-20-4)17-21(18,19)14-7-11(8-16-3)6-13(15)10(14)2/h6-7,12,16-17H,5,8-9H2,1-4H3. The lowest BCUT2D eigenvalue weighted by molar-refractivity contribution is 0.557. The highest BCUT2D eigenvalue weighted by Crippen LogP contribution is 2.26. The summed E-state index contributed by atoms with van der Waals surface area (Å²) in [4.78, 5) is 0.349. The minimum absolute atomic E-state index is 0.0452. The van der Waals surface area contributed by atoms with E-state index in [0.29, 0.717) is 11.4 Å². The summed E-state index contributed by atoms with van der Waals surface area (Å²) in [7, 11) is -1.67. The predicted molar refractivity (Wildman–Crippen MR) is 94.4 cm³/mol. The Labute approximate surface area is 140 Å². The molecule has 0 fully saturated rings. The van der Waals surface area contributed by atoms with Crippen LogP contribution in [-0.2, 0) is 16.6 Å². The van der Waals surface area contributed by atoms with Crippen LogP contribution in [0.1, 0.15) is 24.5 Å². The van der Waals surface area contributed by atoms with Gasteiger partial charge in [-0.05, 0) is 49.9 Å². The van der Waals surface area contributed by atoms with Crippen LogP contribution in [0.15, 0.2) is 21.5 Å². The highest BCUT2D eigenvalue weighted by molar-refractivity contribution is 9.10. The molecule has 120 valence electrons. The maximum atomic E-state index is 12.6. The molecule has 0 amide bonds. The van der Waals surface area contributed by atoms with Crippen molar-refractivity contribution < 1.29 is 8.42 Å². The Bertz CT molecular complexity index is 577. The number of sulfonamides is 1. The first-order valence-corrected chi connectivity index (χ1v) is 10.5. The number of hydrogen-bond acceptors (Lipinski definition) is 4. The van der Waals surface area contributed by atoms with Crippen molar-refractivity contribution in [3.8, 4) is 0 Å². The first-order chi connectivity index (χ1) is 9.85. The Morgan fingerprint density at radius 2 is 2.05 bits per heavy atom. The van der Waals surface area contributed by atoms with E-state index in [0.717, 1.165) is 27.8 Å². The second kappa shape index (κ2) is 8.53. The molecule has 1 rings (SSSR count). The van der Waals surface area contributed by atoms with Crippen molar-refractivity contribution in [2.75, 3.05) is 19.1 Å². The van der Waals surface area contributed by atoms with Gasteiger partial charge in [0.15, 0.2) is 0 Å². The second-order valence-electron chi connectivity index (χ2n) is 4.91. The maximum absolute atomic E-state index is 12.6. The van der Waals surface area contributed by atoms with Crippen molar-refractivity contribution in [1.29, 1.82) is 0 Å². The van der Waals surface area contributed by atoms with Gasteiger partial charge in [-0.2, -0.15) is 11.8 Å². The fourth-order valence-electron chi connectivity index (χ4n) is 2.01. The van der Waals surface area contributed by atoms with Crippen LogP contribution in [0.4, 0.5) is 0 Å². The summed E-state index contributed by atoms with van der Waals surface area (Å²) >= 11 is 5.09. The number of hydrogen-bond donors (Lipinski definition) is 2. The van der Waals surface area contributed by atoms with Crippen molar-refractivity contribution >= 4 is 37.7 Å². The molecule has 0 spiro atoms. The van der Waals surface area contributed by atoms with Gasteiger partial charge in [0.1, 0.15) is 0 Å². The number of thioether (sulfide) groups is 1. The quantitative estimate of drug-likeness (QED) is 0.711. The van der Waals surface area contributed by atoms with E-state index in [1.807, 2.05) is 33.2 Å². The normalized spacial score (nSPS) is 13.4. The highest BCUT2D eigenvalue weighted by Gasteiger charge is 2.22. The summed E-state index contributed by atoms with van der Waals surface area (Å²) in [6.07, 6.45) is 2.75. The van der Waals surface area contributed by atoms with Gasteiger partial charge < -0.3 is 5.32 Å². The molecule has 7 heteroatoms. The molecule has 0 heterocycles. The van der Waals surface area contributed by atoms with Gasteiger partial charge in [-0.15, -0.1) is 0 Å². The first kappa shape index (κ1) is 19.0. The Kier molecular flexibility index (Phi) is 7.70. The average molecular weight is 395 g/mol. The molecule has 0 radical (unpaired) electrons. The molecule has 1 aromatic carbocycles. The molecule has 0 aromatic heterocycles. The van der Waals surface area contributed by atoms with Gasteiger partial charge in [-0.3, -0.25) is 0 Å². The number of nitrogens with one attached hydrogen (secondary N) is 2. The third kappa shape index (κ3) is 5.25. The van der Waals surface area contributed by atoms with Gasteiger partial charge in [-0.1, -0.05) is 22.9 Å².